The second-order valence-corrected chi connectivity index (χ2v) is 14.6. The van der Waals surface area contributed by atoms with Crippen LogP contribution in [-0.4, -0.2) is 94.0 Å². The molecule has 9 nitrogen and oxygen atoms in total. The summed E-state index contributed by atoms with van der Waals surface area (Å²) >= 11 is 0. The predicted octanol–water partition coefficient (Wildman–Crippen LogP) is 5.98. The molecule has 0 bridgehead atoms. The summed E-state index contributed by atoms with van der Waals surface area (Å²) in [6, 6.07) is 10.2. The normalized spacial score (nSPS) is 21.3. The number of hydrogen-bond acceptors (Lipinski definition) is 8. The zero-order valence-electron chi connectivity index (χ0n) is 29.1. The van der Waals surface area contributed by atoms with E-state index >= 15 is 8.78 Å². The molecule has 1 amide bonds. The lowest BCUT2D eigenvalue weighted by molar-refractivity contribution is 0.0244. The number of morpholine rings is 1. The number of carbonyl (C=O) groups is 1. The van der Waals surface area contributed by atoms with Crippen molar-refractivity contribution in [2.45, 2.75) is 64.1 Å². The number of likely N-dealkylation sites (tertiary alicyclic amines) is 1. The van der Waals surface area contributed by atoms with Crippen LogP contribution in [0.15, 0.2) is 55.0 Å². The number of carbonyl (C=O) groups excluding carboxylic acids is 1. The Labute approximate surface area is 292 Å². The monoisotopic (exact) mass is 683 g/mol. The van der Waals surface area contributed by atoms with Gasteiger partial charge in [-0.15, -0.1) is 0 Å². The molecule has 2 atom stereocenters. The van der Waals surface area contributed by atoms with Crippen molar-refractivity contribution in [2.24, 2.45) is 11.8 Å². The Hall–Kier alpha value is -3.93. The van der Waals surface area contributed by atoms with Crippen LogP contribution in [0.5, 0.6) is 0 Å². The van der Waals surface area contributed by atoms with Crippen LogP contribution in [0.25, 0.3) is 22.2 Å². The summed E-state index contributed by atoms with van der Waals surface area (Å²) in [5, 5.41) is 11.5. The molecule has 0 saturated carbocycles. The third-order valence-electron chi connectivity index (χ3n) is 11.0. The van der Waals surface area contributed by atoms with Gasteiger partial charge in [-0.05, 0) is 98.5 Å². The fourth-order valence-corrected chi connectivity index (χ4v) is 7.69. The van der Waals surface area contributed by atoms with Crippen LogP contribution in [0.3, 0.4) is 0 Å². The Morgan fingerprint density at radius 1 is 1.04 bits per heavy atom. The summed E-state index contributed by atoms with van der Waals surface area (Å²) in [4.78, 5) is 28.1. The van der Waals surface area contributed by atoms with Crippen LogP contribution in [-0.2, 0) is 17.6 Å². The number of amides is 1. The van der Waals surface area contributed by atoms with Crippen molar-refractivity contribution in [3.05, 3.63) is 83.2 Å². The van der Waals surface area contributed by atoms with Gasteiger partial charge in [0.1, 0.15) is 17.0 Å². The second kappa shape index (κ2) is 15.1. The molecule has 2 saturated heterocycles. The van der Waals surface area contributed by atoms with Gasteiger partial charge in [0, 0.05) is 61.0 Å². The Kier molecular flexibility index (Phi) is 10.4. The number of nitrogens with one attached hydrogen (secondary N) is 1. The zero-order valence-corrected chi connectivity index (χ0v) is 29.1. The standard InChI is InChI=1S/C39H47F2N7O2/c1-26(2)39(41)10-5-35-32(22-39)20-30-19-31(21-33(40)37(30)45-35)38(49)46-36(28-3-4-34(42-23-28)29-6-11-43-44-24-29)9-14-47-12-7-27(8-13-47)25-48-15-17-50-18-16-48/h3-4,6,11,19-21,23-24,26-27,36H,5,7-10,12-18,22,25H2,1-2H3,(H,46,49)/t36-,39+/m1/s1. The predicted molar refractivity (Wildman–Crippen MR) is 189 cm³/mol. The van der Waals surface area contributed by atoms with Gasteiger partial charge in [0.15, 0.2) is 0 Å². The van der Waals surface area contributed by atoms with E-state index in [0.29, 0.717) is 30.6 Å². The summed E-state index contributed by atoms with van der Waals surface area (Å²) in [6.07, 6.45) is 9.16. The summed E-state index contributed by atoms with van der Waals surface area (Å²) in [6.45, 7) is 11.5. The smallest absolute Gasteiger partial charge is 0.251 e. The average Bonchev–Trinajstić information content (AvgIpc) is 3.14. The van der Waals surface area contributed by atoms with Gasteiger partial charge in [0.05, 0.1) is 37.3 Å². The first-order chi connectivity index (χ1) is 24.2. The molecule has 3 aromatic heterocycles. The molecule has 2 aliphatic heterocycles. The Morgan fingerprint density at radius 3 is 2.58 bits per heavy atom. The molecular weight excluding hydrogens is 636 g/mol. The summed E-state index contributed by atoms with van der Waals surface area (Å²) in [5.41, 5.74) is 3.13. The summed E-state index contributed by atoms with van der Waals surface area (Å²) < 4.78 is 36.7. The third kappa shape index (κ3) is 7.85. The molecule has 1 aliphatic carbocycles. The first-order valence-electron chi connectivity index (χ1n) is 18.1. The molecule has 4 aromatic rings. The van der Waals surface area contributed by atoms with Crippen LogP contribution >= 0.6 is 0 Å². The molecule has 0 unspecified atom stereocenters. The van der Waals surface area contributed by atoms with Crippen molar-refractivity contribution in [3.63, 3.8) is 0 Å². The topological polar surface area (TPSA) is 96.4 Å². The SMILES string of the molecule is CC(C)[C@]1(F)CCc2nc3c(F)cc(C(=O)N[C@H](CCN4CCC(CN5CCOCC5)CC4)c4ccc(-c5ccnnc5)nc4)cc3cc2C1. The quantitative estimate of drug-likeness (QED) is 0.218. The number of ether oxygens (including phenoxy) is 1. The molecule has 0 spiro atoms. The van der Waals surface area contributed by atoms with Crippen molar-refractivity contribution in [1.29, 1.82) is 0 Å². The lowest BCUT2D eigenvalue weighted by Crippen LogP contribution is -2.43. The highest BCUT2D eigenvalue weighted by atomic mass is 19.1. The van der Waals surface area contributed by atoms with E-state index in [1.54, 1.807) is 24.7 Å². The Morgan fingerprint density at radius 2 is 1.86 bits per heavy atom. The lowest BCUT2D eigenvalue weighted by Gasteiger charge is -2.36. The van der Waals surface area contributed by atoms with E-state index in [0.717, 1.165) is 93.4 Å². The molecule has 3 aliphatic rings. The molecule has 1 N–H and O–H groups in total. The number of aryl methyl sites for hydroxylation is 1. The van der Waals surface area contributed by atoms with E-state index in [2.05, 4.69) is 35.3 Å². The second-order valence-electron chi connectivity index (χ2n) is 14.6. The molecule has 1 aromatic carbocycles. The van der Waals surface area contributed by atoms with Gasteiger partial charge in [-0.25, -0.2) is 13.8 Å². The zero-order chi connectivity index (χ0) is 34.7. The average molecular weight is 684 g/mol. The van der Waals surface area contributed by atoms with Gasteiger partial charge >= 0.3 is 0 Å². The van der Waals surface area contributed by atoms with Crippen LogP contribution in [0.1, 0.15) is 72.8 Å². The van der Waals surface area contributed by atoms with Crippen LogP contribution in [0.2, 0.25) is 0 Å². The number of fused-ring (bicyclic) bond motifs is 2. The first-order valence-corrected chi connectivity index (χ1v) is 18.1. The first kappa shape index (κ1) is 34.5. The Bertz CT molecular complexity index is 1780. The molecule has 50 heavy (non-hydrogen) atoms. The molecular formula is C39H47F2N7O2. The van der Waals surface area contributed by atoms with Crippen LogP contribution in [0, 0.1) is 17.7 Å². The number of hydrogen-bond donors (Lipinski definition) is 1. The minimum atomic E-state index is -1.32. The van der Waals surface area contributed by atoms with Crippen LogP contribution in [0.4, 0.5) is 8.78 Å². The van der Waals surface area contributed by atoms with Crippen molar-refractivity contribution in [2.75, 3.05) is 52.5 Å². The van der Waals surface area contributed by atoms with Crippen molar-refractivity contribution >= 4 is 16.8 Å². The van der Waals surface area contributed by atoms with Gasteiger partial charge in [0.25, 0.3) is 5.91 Å². The highest BCUT2D eigenvalue weighted by Gasteiger charge is 2.38. The number of nitrogens with zero attached hydrogens (tertiary/aromatic N) is 6. The van der Waals surface area contributed by atoms with E-state index in [4.69, 9.17) is 4.74 Å². The summed E-state index contributed by atoms with van der Waals surface area (Å²) in [5.74, 6) is -0.371. The summed E-state index contributed by atoms with van der Waals surface area (Å²) in [7, 11) is 0. The molecule has 264 valence electrons. The van der Waals surface area contributed by atoms with Gasteiger partial charge < -0.3 is 15.0 Å². The van der Waals surface area contributed by atoms with E-state index in [-0.39, 0.29) is 35.4 Å². The largest absolute Gasteiger partial charge is 0.379 e. The highest BCUT2D eigenvalue weighted by molar-refractivity contribution is 5.98. The Balaban J connectivity index is 1.07. The molecule has 7 rings (SSSR count). The van der Waals surface area contributed by atoms with E-state index in [9.17, 15) is 4.79 Å². The van der Waals surface area contributed by atoms with Crippen LogP contribution < -0.4 is 5.32 Å². The maximum atomic E-state index is 15.6. The number of piperidine rings is 1. The third-order valence-corrected chi connectivity index (χ3v) is 11.0. The number of alkyl halides is 1. The molecule has 0 radical (unpaired) electrons. The number of rotatable bonds is 10. The van der Waals surface area contributed by atoms with Crippen molar-refractivity contribution < 1.29 is 18.3 Å². The maximum absolute atomic E-state index is 15.6. The fraction of sp³-hybridized carbons (Fsp3) is 0.513. The van der Waals surface area contributed by atoms with Crippen molar-refractivity contribution in [1.82, 2.24) is 35.3 Å². The molecule has 5 heterocycles. The van der Waals surface area contributed by atoms with E-state index in [1.165, 1.54) is 6.07 Å². The van der Waals surface area contributed by atoms with Gasteiger partial charge in [-0.2, -0.15) is 10.2 Å². The number of halogens is 2. The van der Waals surface area contributed by atoms with E-state index < -0.39 is 11.5 Å². The minimum absolute atomic E-state index is 0.136. The molecule has 11 heteroatoms. The van der Waals surface area contributed by atoms with E-state index in [1.807, 2.05) is 38.1 Å². The fourth-order valence-electron chi connectivity index (χ4n) is 7.69. The van der Waals surface area contributed by atoms with Crippen molar-refractivity contribution in [3.8, 4) is 11.3 Å². The van der Waals surface area contributed by atoms with Gasteiger partial charge in [0.2, 0.25) is 0 Å². The number of aromatic nitrogens is 4. The lowest BCUT2D eigenvalue weighted by atomic mass is 9.77. The number of pyridine rings is 2. The number of benzene rings is 1. The van der Waals surface area contributed by atoms with Gasteiger partial charge in [-0.3, -0.25) is 14.7 Å². The maximum Gasteiger partial charge on any atom is 0.251 e. The van der Waals surface area contributed by atoms with Gasteiger partial charge in [-0.1, -0.05) is 19.9 Å². The minimum Gasteiger partial charge on any atom is -0.379 e. The molecule has 2 fully saturated rings. The highest BCUT2D eigenvalue weighted by Crippen LogP contribution is 2.38.